The Labute approximate surface area is 165 Å². The van der Waals surface area contributed by atoms with Crippen LogP contribution in [0.2, 0.25) is 0 Å². The molecule has 0 bridgehead atoms. The second-order valence-corrected chi connectivity index (χ2v) is 6.98. The Morgan fingerprint density at radius 3 is 2.89 bits per heavy atom. The lowest BCUT2D eigenvalue weighted by Gasteiger charge is -2.41. The van der Waals surface area contributed by atoms with Crippen molar-refractivity contribution in [1.82, 2.24) is 15.4 Å². The third kappa shape index (κ3) is 4.35. The molecular weight excluding hydrogens is 358 g/mol. The van der Waals surface area contributed by atoms with Gasteiger partial charge in [-0.25, -0.2) is 0 Å². The number of amides is 2. The smallest absolute Gasteiger partial charge is 0.225 e. The summed E-state index contributed by atoms with van der Waals surface area (Å²) in [4.78, 5) is 27.6. The first-order valence-electron chi connectivity index (χ1n) is 9.75. The summed E-state index contributed by atoms with van der Waals surface area (Å²) in [6.07, 6.45) is 4.23. The molecule has 1 fully saturated rings. The molecular formula is C21H27N3O4. The predicted octanol–water partition coefficient (Wildman–Crippen LogP) is 3.08. The number of carbonyl (C=O) groups excluding carboxylic acids is 2. The van der Waals surface area contributed by atoms with Crippen molar-refractivity contribution in [2.24, 2.45) is 5.92 Å². The molecule has 1 aromatic heterocycles. The van der Waals surface area contributed by atoms with Crippen LogP contribution in [0.5, 0.6) is 5.75 Å². The van der Waals surface area contributed by atoms with Crippen LogP contribution >= 0.6 is 0 Å². The van der Waals surface area contributed by atoms with Crippen LogP contribution in [0.25, 0.3) is 0 Å². The molecule has 1 N–H and O–H groups in total. The van der Waals surface area contributed by atoms with Crippen molar-refractivity contribution in [3.63, 3.8) is 0 Å². The van der Waals surface area contributed by atoms with E-state index in [0.29, 0.717) is 37.4 Å². The normalized spacial score (nSPS) is 19.5. The summed E-state index contributed by atoms with van der Waals surface area (Å²) >= 11 is 0. The molecule has 1 aliphatic heterocycles. The highest BCUT2D eigenvalue weighted by atomic mass is 16.5. The average Bonchev–Trinajstić information content (AvgIpc) is 3.24. The van der Waals surface area contributed by atoms with Crippen molar-refractivity contribution < 1.29 is 18.8 Å². The van der Waals surface area contributed by atoms with Gasteiger partial charge >= 0.3 is 0 Å². The summed E-state index contributed by atoms with van der Waals surface area (Å²) < 4.78 is 10.4. The van der Waals surface area contributed by atoms with E-state index in [1.807, 2.05) is 29.2 Å². The van der Waals surface area contributed by atoms with Crippen LogP contribution in [0.4, 0.5) is 0 Å². The molecule has 7 heteroatoms. The van der Waals surface area contributed by atoms with E-state index in [9.17, 15) is 9.59 Å². The molecule has 0 spiro atoms. The number of aromatic nitrogens is 1. The maximum atomic E-state index is 13.1. The highest BCUT2D eigenvalue weighted by Gasteiger charge is 2.41. The van der Waals surface area contributed by atoms with Crippen molar-refractivity contribution in [1.29, 1.82) is 0 Å². The maximum absolute atomic E-state index is 13.1. The molecule has 2 heterocycles. The highest BCUT2D eigenvalue weighted by Crippen LogP contribution is 2.40. The molecule has 2 amide bonds. The van der Waals surface area contributed by atoms with E-state index in [1.54, 1.807) is 13.2 Å². The van der Waals surface area contributed by atoms with Gasteiger partial charge in [0.05, 0.1) is 25.6 Å². The fraction of sp³-hybridized carbons (Fsp3) is 0.476. The lowest BCUT2D eigenvalue weighted by Crippen LogP contribution is -2.48. The molecule has 3 rings (SSSR count). The first-order valence-corrected chi connectivity index (χ1v) is 9.75. The second kappa shape index (κ2) is 9.39. The summed E-state index contributed by atoms with van der Waals surface area (Å²) in [5.41, 5.74) is 1.53. The number of carbonyl (C=O) groups is 2. The van der Waals surface area contributed by atoms with Crippen LogP contribution in [0.3, 0.4) is 0 Å². The molecule has 0 saturated carbocycles. The zero-order valence-electron chi connectivity index (χ0n) is 16.4. The summed E-state index contributed by atoms with van der Waals surface area (Å²) in [5, 5.41) is 6.77. The van der Waals surface area contributed by atoms with Gasteiger partial charge in [-0.05, 0) is 18.9 Å². The number of hydrogen-bond acceptors (Lipinski definition) is 5. The Morgan fingerprint density at radius 1 is 1.36 bits per heavy atom. The van der Waals surface area contributed by atoms with E-state index in [0.717, 1.165) is 18.4 Å². The maximum Gasteiger partial charge on any atom is 0.225 e. The van der Waals surface area contributed by atoms with Crippen molar-refractivity contribution in [2.75, 3.05) is 13.7 Å². The first kappa shape index (κ1) is 19.9. The second-order valence-electron chi connectivity index (χ2n) is 6.98. The fourth-order valence-electron chi connectivity index (χ4n) is 3.75. The molecule has 1 aliphatic rings. The minimum atomic E-state index is -0.349. The number of rotatable bonds is 8. The third-order valence-electron chi connectivity index (χ3n) is 5.19. The summed E-state index contributed by atoms with van der Waals surface area (Å²) in [5.74, 6) is 0.341. The molecule has 0 unspecified atom stereocenters. The molecule has 150 valence electrons. The van der Waals surface area contributed by atoms with Gasteiger partial charge in [0.25, 0.3) is 0 Å². The number of nitrogens with one attached hydrogen (secondary N) is 1. The van der Waals surface area contributed by atoms with Gasteiger partial charge in [0.15, 0.2) is 0 Å². The van der Waals surface area contributed by atoms with Crippen molar-refractivity contribution in [2.45, 2.75) is 45.2 Å². The van der Waals surface area contributed by atoms with Crippen LogP contribution in [-0.4, -0.2) is 35.5 Å². The number of hydrogen-bond donors (Lipinski definition) is 1. The Hall–Kier alpha value is -2.83. The van der Waals surface area contributed by atoms with Gasteiger partial charge in [-0.1, -0.05) is 36.7 Å². The average molecular weight is 385 g/mol. The van der Waals surface area contributed by atoms with E-state index in [4.69, 9.17) is 9.26 Å². The molecule has 2 atom stereocenters. The van der Waals surface area contributed by atoms with Crippen LogP contribution in [0.15, 0.2) is 41.1 Å². The van der Waals surface area contributed by atoms with Gasteiger partial charge in [0, 0.05) is 24.6 Å². The number of piperidine rings is 1. The largest absolute Gasteiger partial charge is 0.496 e. The van der Waals surface area contributed by atoms with Gasteiger partial charge in [0.1, 0.15) is 17.7 Å². The third-order valence-corrected chi connectivity index (χ3v) is 5.19. The lowest BCUT2D eigenvalue weighted by atomic mass is 9.83. The minimum absolute atomic E-state index is 0.0879. The fourth-order valence-corrected chi connectivity index (χ4v) is 3.75. The van der Waals surface area contributed by atoms with Crippen molar-refractivity contribution >= 4 is 11.8 Å². The first-order chi connectivity index (χ1) is 13.7. The number of ether oxygens (including phenoxy) is 1. The molecule has 0 aliphatic carbocycles. The Kier molecular flexibility index (Phi) is 6.68. The molecule has 1 aromatic carbocycles. The zero-order chi connectivity index (χ0) is 19.9. The number of unbranched alkanes of at least 4 members (excludes halogenated alkanes) is 1. The predicted molar refractivity (Wildman–Crippen MR) is 103 cm³/mol. The van der Waals surface area contributed by atoms with Crippen LogP contribution < -0.4 is 10.1 Å². The quantitative estimate of drug-likeness (QED) is 0.755. The van der Waals surface area contributed by atoms with E-state index < -0.39 is 0 Å². The molecule has 1 saturated heterocycles. The Balaban J connectivity index is 1.89. The molecule has 7 nitrogen and oxygen atoms in total. The zero-order valence-corrected chi connectivity index (χ0v) is 16.4. The summed E-state index contributed by atoms with van der Waals surface area (Å²) in [6, 6.07) is 9.00. The van der Waals surface area contributed by atoms with E-state index in [2.05, 4.69) is 17.4 Å². The van der Waals surface area contributed by atoms with Crippen molar-refractivity contribution in [3.8, 4) is 5.75 Å². The number of likely N-dealkylation sites (tertiary alicyclic amines) is 1. The number of benzene rings is 1. The molecule has 28 heavy (non-hydrogen) atoms. The van der Waals surface area contributed by atoms with Crippen LogP contribution in [0.1, 0.15) is 49.9 Å². The van der Waals surface area contributed by atoms with Gasteiger partial charge in [-0.2, -0.15) is 0 Å². The van der Waals surface area contributed by atoms with E-state index >= 15 is 0 Å². The van der Waals surface area contributed by atoms with Gasteiger partial charge in [-0.15, -0.1) is 0 Å². The minimum Gasteiger partial charge on any atom is -0.496 e. The summed E-state index contributed by atoms with van der Waals surface area (Å²) in [6.45, 7) is 3.02. The summed E-state index contributed by atoms with van der Waals surface area (Å²) in [7, 11) is 1.61. The van der Waals surface area contributed by atoms with Crippen LogP contribution in [0, 0.1) is 5.92 Å². The standard InChI is InChI=1S/C21H27N3O4/c1-3-4-12-24-19(25)10-9-17(21(26)22-14-15-11-13-28-23-15)20(24)16-7-5-6-8-18(16)27-2/h5-8,11,13,17,20H,3-4,9-10,12,14H2,1-2H3,(H,22,26)/t17-,20+/m1/s1. The number of methoxy groups -OCH3 is 1. The van der Waals surface area contributed by atoms with Gasteiger partial charge in [0.2, 0.25) is 11.8 Å². The van der Waals surface area contributed by atoms with Gasteiger partial charge < -0.3 is 19.5 Å². The highest BCUT2D eigenvalue weighted by molar-refractivity contribution is 5.85. The monoisotopic (exact) mass is 385 g/mol. The van der Waals surface area contributed by atoms with Gasteiger partial charge in [-0.3, -0.25) is 9.59 Å². The Bertz CT molecular complexity index is 791. The Morgan fingerprint density at radius 2 is 2.18 bits per heavy atom. The van der Waals surface area contributed by atoms with Crippen molar-refractivity contribution in [3.05, 3.63) is 47.9 Å². The topological polar surface area (TPSA) is 84.7 Å². The number of nitrogens with zero attached hydrogens (tertiary/aromatic N) is 2. The lowest BCUT2D eigenvalue weighted by molar-refractivity contribution is -0.143. The SMILES string of the molecule is CCCCN1C(=O)CC[C@@H](C(=O)NCc2ccon2)[C@@H]1c1ccccc1OC. The molecule has 2 aromatic rings. The van der Waals surface area contributed by atoms with E-state index in [1.165, 1.54) is 6.26 Å². The van der Waals surface area contributed by atoms with Crippen LogP contribution in [-0.2, 0) is 16.1 Å². The molecule has 0 radical (unpaired) electrons. The van der Waals surface area contributed by atoms with E-state index in [-0.39, 0.29) is 23.8 Å². The number of para-hydroxylation sites is 1.